The van der Waals surface area contributed by atoms with Crippen LogP contribution < -0.4 is 14.8 Å². The van der Waals surface area contributed by atoms with Gasteiger partial charge in [0.2, 0.25) is 5.91 Å². The van der Waals surface area contributed by atoms with Crippen LogP contribution in [0.2, 0.25) is 0 Å². The lowest BCUT2D eigenvalue weighted by Gasteiger charge is -2.25. The molecule has 0 bridgehead atoms. The smallest absolute Gasteiger partial charge is 0.231 e. The average Bonchev–Trinajstić information content (AvgIpc) is 2.60. The fourth-order valence-electron chi connectivity index (χ4n) is 2.73. The Labute approximate surface area is 140 Å². The monoisotopic (exact) mass is 325 g/mol. The predicted molar refractivity (Wildman–Crippen MR) is 90.8 cm³/mol. The minimum atomic E-state index is -0.286. The number of rotatable bonds is 4. The number of ketones is 1. The maximum Gasteiger partial charge on any atom is 0.231 e. The molecular weight excluding hydrogens is 306 g/mol. The maximum absolute atomic E-state index is 12.5. The minimum absolute atomic E-state index is 0.0341. The van der Waals surface area contributed by atoms with Gasteiger partial charge in [-0.2, -0.15) is 0 Å². The van der Waals surface area contributed by atoms with Crippen molar-refractivity contribution in [3.63, 3.8) is 0 Å². The number of amides is 1. The number of Topliss-reactive ketones (excluding diaryl/α,β-unsaturated/α-hetero) is 1. The predicted octanol–water partition coefficient (Wildman–Crippen LogP) is 3.09. The van der Waals surface area contributed by atoms with Gasteiger partial charge in [-0.15, -0.1) is 0 Å². The molecule has 1 heterocycles. The summed E-state index contributed by atoms with van der Waals surface area (Å²) < 4.78 is 10.9. The van der Waals surface area contributed by atoms with Crippen LogP contribution in [0.5, 0.6) is 11.5 Å². The van der Waals surface area contributed by atoms with Gasteiger partial charge in [0.25, 0.3) is 0 Å². The third kappa shape index (κ3) is 3.40. The highest BCUT2D eigenvalue weighted by molar-refractivity contribution is 5.97. The number of hydrogen-bond donors (Lipinski definition) is 1. The van der Waals surface area contributed by atoms with Gasteiger partial charge in [0.05, 0.1) is 13.0 Å². The summed E-state index contributed by atoms with van der Waals surface area (Å²) in [5.74, 6) is 1.09. The molecule has 0 aliphatic carbocycles. The molecule has 0 saturated heterocycles. The van der Waals surface area contributed by atoms with Crippen LogP contribution in [0.25, 0.3) is 0 Å². The lowest BCUT2D eigenvalue weighted by Crippen LogP contribution is -2.32. The molecule has 3 rings (SSSR count). The molecule has 0 saturated carbocycles. The van der Waals surface area contributed by atoms with Crippen LogP contribution in [-0.4, -0.2) is 25.4 Å². The number of methoxy groups -OCH3 is 1. The summed E-state index contributed by atoms with van der Waals surface area (Å²) >= 11 is 0. The van der Waals surface area contributed by atoms with Crippen molar-refractivity contribution in [1.82, 2.24) is 0 Å². The summed E-state index contributed by atoms with van der Waals surface area (Å²) in [5, 5.41) is 2.86. The maximum atomic E-state index is 12.5. The number of ether oxygens (including phenoxy) is 2. The lowest BCUT2D eigenvalue weighted by atomic mass is 9.95. The Balaban J connectivity index is 1.72. The Hall–Kier alpha value is -2.82. The first-order valence-electron chi connectivity index (χ1n) is 7.78. The average molecular weight is 325 g/mol. The van der Waals surface area contributed by atoms with Gasteiger partial charge in [0, 0.05) is 11.3 Å². The summed E-state index contributed by atoms with van der Waals surface area (Å²) in [7, 11) is 1.61. The topological polar surface area (TPSA) is 64.6 Å². The quantitative estimate of drug-likeness (QED) is 0.877. The van der Waals surface area contributed by atoms with Crippen LogP contribution in [0.4, 0.5) is 5.69 Å². The molecule has 5 nitrogen and oxygen atoms in total. The van der Waals surface area contributed by atoms with Crippen LogP contribution >= 0.6 is 0 Å². The van der Waals surface area contributed by atoms with Gasteiger partial charge in [-0.3, -0.25) is 9.59 Å². The van der Waals surface area contributed by atoms with E-state index in [1.807, 2.05) is 18.2 Å². The highest BCUT2D eigenvalue weighted by Crippen LogP contribution is 2.31. The van der Waals surface area contributed by atoms with E-state index in [1.165, 1.54) is 6.92 Å². The molecule has 0 radical (unpaired) electrons. The molecule has 124 valence electrons. The van der Waals surface area contributed by atoms with Crippen molar-refractivity contribution in [1.29, 1.82) is 0 Å². The number of fused-ring (bicyclic) bond motifs is 1. The normalized spacial score (nSPS) is 15.8. The highest BCUT2D eigenvalue weighted by Gasteiger charge is 2.26. The zero-order valence-corrected chi connectivity index (χ0v) is 13.7. The van der Waals surface area contributed by atoms with Gasteiger partial charge < -0.3 is 14.8 Å². The van der Waals surface area contributed by atoms with E-state index in [4.69, 9.17) is 9.47 Å². The minimum Gasteiger partial charge on any atom is -0.497 e. The van der Waals surface area contributed by atoms with E-state index in [-0.39, 0.29) is 17.6 Å². The van der Waals surface area contributed by atoms with Gasteiger partial charge in [0.1, 0.15) is 18.1 Å². The molecule has 24 heavy (non-hydrogen) atoms. The molecule has 5 heteroatoms. The van der Waals surface area contributed by atoms with E-state index >= 15 is 0 Å². The Bertz CT molecular complexity index is 785. The fraction of sp³-hybridized carbons (Fsp3) is 0.263. The Morgan fingerprint density at radius 3 is 2.79 bits per heavy atom. The van der Waals surface area contributed by atoms with Crippen LogP contribution in [-0.2, 0) is 11.2 Å². The van der Waals surface area contributed by atoms with Crippen molar-refractivity contribution < 1.29 is 19.1 Å². The van der Waals surface area contributed by atoms with E-state index < -0.39 is 0 Å². The number of anilines is 1. The molecular formula is C19H19NO4. The van der Waals surface area contributed by atoms with E-state index in [0.29, 0.717) is 24.3 Å². The second-order valence-corrected chi connectivity index (χ2v) is 5.81. The standard InChI is InChI=1S/C19H19NO4/c1-12(21)13-4-3-5-16(9-13)20-19(22)15-8-14-10-17(23-2)6-7-18(14)24-11-15/h3-7,9-10,15H,8,11H2,1-2H3,(H,20,22)/t15-/m1/s1. The third-order valence-corrected chi connectivity index (χ3v) is 4.08. The Kier molecular flexibility index (Phi) is 4.51. The van der Waals surface area contributed by atoms with Crippen molar-refractivity contribution in [3.05, 3.63) is 53.6 Å². The molecule has 0 fully saturated rings. The van der Waals surface area contributed by atoms with Crippen molar-refractivity contribution >= 4 is 17.4 Å². The first-order chi connectivity index (χ1) is 11.6. The van der Waals surface area contributed by atoms with Crippen molar-refractivity contribution in [2.75, 3.05) is 19.0 Å². The SMILES string of the molecule is COc1ccc2c(c1)C[C@@H](C(=O)Nc1cccc(C(C)=O)c1)CO2. The van der Waals surface area contributed by atoms with Gasteiger partial charge in [-0.25, -0.2) is 0 Å². The number of carbonyl (C=O) groups excluding carboxylic acids is 2. The second-order valence-electron chi connectivity index (χ2n) is 5.81. The molecule has 1 aliphatic heterocycles. The molecule has 2 aromatic rings. The molecule has 1 aliphatic rings. The zero-order chi connectivity index (χ0) is 17.1. The molecule has 1 atom stereocenters. The zero-order valence-electron chi connectivity index (χ0n) is 13.7. The van der Waals surface area contributed by atoms with Crippen molar-refractivity contribution in [3.8, 4) is 11.5 Å². The molecule has 1 N–H and O–H groups in total. The van der Waals surface area contributed by atoms with Crippen LogP contribution in [0, 0.1) is 5.92 Å². The summed E-state index contributed by atoms with van der Waals surface area (Å²) in [4.78, 5) is 23.9. The summed E-state index contributed by atoms with van der Waals surface area (Å²) in [5.41, 5.74) is 2.14. The molecule has 0 spiro atoms. The van der Waals surface area contributed by atoms with Gasteiger partial charge >= 0.3 is 0 Å². The Morgan fingerprint density at radius 1 is 1.21 bits per heavy atom. The number of hydrogen-bond acceptors (Lipinski definition) is 4. The van der Waals surface area contributed by atoms with Crippen LogP contribution in [0.3, 0.4) is 0 Å². The molecule has 0 aromatic heterocycles. The van der Waals surface area contributed by atoms with Gasteiger partial charge in [0.15, 0.2) is 5.78 Å². The van der Waals surface area contributed by atoms with Gasteiger partial charge in [-0.1, -0.05) is 12.1 Å². The first-order valence-corrected chi connectivity index (χ1v) is 7.78. The van der Waals surface area contributed by atoms with Crippen LogP contribution in [0.1, 0.15) is 22.8 Å². The summed E-state index contributed by atoms with van der Waals surface area (Å²) in [6, 6.07) is 12.5. The molecule has 1 amide bonds. The molecule has 2 aromatic carbocycles. The van der Waals surface area contributed by atoms with E-state index in [2.05, 4.69) is 5.32 Å². The summed E-state index contributed by atoms with van der Waals surface area (Å²) in [6.07, 6.45) is 0.588. The Morgan fingerprint density at radius 2 is 2.04 bits per heavy atom. The largest absolute Gasteiger partial charge is 0.497 e. The summed E-state index contributed by atoms with van der Waals surface area (Å²) in [6.45, 7) is 1.83. The van der Waals surface area contributed by atoms with Gasteiger partial charge in [-0.05, 0) is 49.2 Å². The van der Waals surface area contributed by atoms with E-state index in [9.17, 15) is 9.59 Å². The second kappa shape index (κ2) is 6.74. The lowest BCUT2D eigenvalue weighted by molar-refractivity contribution is -0.121. The van der Waals surface area contributed by atoms with Crippen molar-refractivity contribution in [2.24, 2.45) is 5.92 Å². The number of nitrogens with one attached hydrogen (secondary N) is 1. The number of carbonyl (C=O) groups is 2. The first kappa shape index (κ1) is 16.1. The fourth-order valence-corrected chi connectivity index (χ4v) is 2.73. The van der Waals surface area contributed by atoms with Crippen molar-refractivity contribution in [2.45, 2.75) is 13.3 Å². The van der Waals surface area contributed by atoms with Crippen LogP contribution in [0.15, 0.2) is 42.5 Å². The van der Waals surface area contributed by atoms with E-state index in [1.54, 1.807) is 31.4 Å². The highest BCUT2D eigenvalue weighted by atomic mass is 16.5. The molecule has 0 unspecified atom stereocenters. The van der Waals surface area contributed by atoms with E-state index in [0.717, 1.165) is 17.1 Å². The third-order valence-electron chi connectivity index (χ3n) is 4.08. The number of benzene rings is 2.